The minimum atomic E-state index is 0. The van der Waals surface area contributed by atoms with Gasteiger partial charge in [0.15, 0.2) is 0 Å². The molecule has 5 radical (unpaired) electrons. The summed E-state index contributed by atoms with van der Waals surface area (Å²) in [5.74, 6) is 0. The minimum absolute atomic E-state index is 0. The fraction of sp³-hybridized carbons (Fsp3) is 0. The van der Waals surface area contributed by atoms with Gasteiger partial charge in [-0.1, -0.05) is 0 Å². The van der Waals surface area contributed by atoms with Gasteiger partial charge in [0.2, 0.25) is 0 Å². The van der Waals surface area contributed by atoms with Crippen LogP contribution in [-0.2, 0) is 26.2 Å². The largest absolute Gasteiger partial charge is 0 e. The first-order chi connectivity index (χ1) is 0. The van der Waals surface area contributed by atoms with E-state index in [2.05, 4.69) is 0 Å². The van der Waals surface area contributed by atoms with E-state index >= 15 is 0 Å². The van der Waals surface area contributed by atoms with E-state index in [0.717, 1.165) is 0 Å². The van der Waals surface area contributed by atoms with E-state index in [4.69, 9.17) is 0 Å². The summed E-state index contributed by atoms with van der Waals surface area (Å²) < 4.78 is 0. The van der Waals surface area contributed by atoms with Crippen LogP contribution < -0.4 is 0 Å². The second-order valence-corrected chi connectivity index (χ2v) is 0. The summed E-state index contributed by atoms with van der Waals surface area (Å²) in [5, 5.41) is 0. The molecule has 0 aliphatic carbocycles. The molecule has 0 rings (SSSR count). The van der Waals surface area contributed by atoms with Crippen molar-refractivity contribution in [3.05, 3.63) is 0 Å². The third-order valence-corrected chi connectivity index (χ3v) is 0. The molecule has 0 saturated carbocycles. The fourth-order valence-electron chi connectivity index (χ4n) is 0. The molecule has 0 fully saturated rings. The smallest absolute Gasteiger partial charge is 0 e. The van der Waals surface area contributed by atoms with Crippen LogP contribution in [0.5, 0.6) is 0 Å². The van der Waals surface area contributed by atoms with Gasteiger partial charge in [0.25, 0.3) is 0 Å². The molecule has 4 heteroatoms. The molecule has 0 heterocycles. The van der Waals surface area contributed by atoms with Gasteiger partial charge in [-0.3, -0.25) is 0 Å². The van der Waals surface area contributed by atoms with E-state index in [9.17, 15) is 0 Å². The predicted molar refractivity (Wildman–Crippen MR) is 11.5 cm³/mol. The molecule has 0 spiro atoms. The van der Waals surface area contributed by atoms with Crippen molar-refractivity contribution in [2.45, 2.75) is 0 Å². The van der Waals surface area contributed by atoms with Crippen molar-refractivity contribution in [1.29, 1.82) is 0 Å². The van der Waals surface area contributed by atoms with Crippen LogP contribution in [0.4, 0.5) is 0 Å². The second kappa shape index (κ2) is 15.7. The predicted octanol–water partition coefficient (Wildman–Crippen LogP) is -0.764. The molecule has 0 aromatic heterocycles. The van der Waals surface area contributed by atoms with E-state index in [1.165, 1.54) is 0 Å². The Balaban J connectivity index is 0. The quantitative estimate of drug-likeness (QED) is 0.515. The van der Waals surface area contributed by atoms with Crippen molar-refractivity contribution in [2.75, 3.05) is 0 Å². The van der Waals surface area contributed by atoms with E-state index in [0.29, 0.717) is 0 Å². The third kappa shape index (κ3) is 9.48. The summed E-state index contributed by atoms with van der Waals surface area (Å²) in [5.41, 5.74) is 0. The van der Waals surface area contributed by atoms with E-state index in [1.807, 2.05) is 0 Å². The van der Waals surface area contributed by atoms with Gasteiger partial charge in [0.05, 0.1) is 0 Å². The summed E-state index contributed by atoms with van der Waals surface area (Å²) in [6.45, 7) is 0. The molecular formula is CaHoMgZr. The second-order valence-electron chi connectivity index (χ2n) is 0. The molecule has 0 bridgehead atoms. The van der Waals surface area contributed by atoms with Crippen molar-refractivity contribution in [3.8, 4) is 0 Å². The maximum absolute atomic E-state index is 0. The summed E-state index contributed by atoms with van der Waals surface area (Å²) >= 11 is 0. The van der Waals surface area contributed by atoms with Gasteiger partial charge in [-0.05, 0) is 0 Å². The van der Waals surface area contributed by atoms with Crippen LogP contribution in [0.3, 0.4) is 0 Å². The molecule has 0 atom stereocenters. The Morgan fingerprint density at radius 1 is 1.00 bits per heavy atom. The van der Waals surface area contributed by atoms with Crippen molar-refractivity contribution >= 4 is 60.8 Å². The van der Waals surface area contributed by atoms with Crippen LogP contribution in [-0.4, -0.2) is 60.8 Å². The zero-order valence-electron chi connectivity index (χ0n) is 2.22. The molecule has 0 aliphatic rings. The van der Waals surface area contributed by atoms with Crippen LogP contribution in [0.1, 0.15) is 0 Å². The molecule has 19 valence electrons. The maximum atomic E-state index is 0. The first kappa shape index (κ1) is 24.2. The summed E-state index contributed by atoms with van der Waals surface area (Å²) in [6, 6.07) is 0. The standard InChI is InChI=1S/Ca.Ho.Mg.Zr. The summed E-state index contributed by atoms with van der Waals surface area (Å²) in [7, 11) is 0. The van der Waals surface area contributed by atoms with Gasteiger partial charge in [-0.25, -0.2) is 0 Å². The molecule has 0 nitrogen and oxygen atoms in total. The van der Waals surface area contributed by atoms with Gasteiger partial charge in [0, 0.05) is 125 Å². The van der Waals surface area contributed by atoms with E-state index < -0.39 is 0 Å². The van der Waals surface area contributed by atoms with Crippen LogP contribution in [0.15, 0.2) is 0 Å². The van der Waals surface area contributed by atoms with Gasteiger partial charge in [-0.15, -0.1) is 0 Å². The molecule has 0 amide bonds. The van der Waals surface area contributed by atoms with E-state index in [-0.39, 0.29) is 125 Å². The van der Waals surface area contributed by atoms with Crippen molar-refractivity contribution in [1.82, 2.24) is 0 Å². The third-order valence-electron chi connectivity index (χ3n) is 0. The van der Waals surface area contributed by atoms with Crippen LogP contribution in [0, 0.1) is 37.7 Å². The molecule has 0 N–H and O–H groups in total. The van der Waals surface area contributed by atoms with Crippen molar-refractivity contribution in [2.24, 2.45) is 0 Å². The zero-order valence-corrected chi connectivity index (χ0v) is 10.2. The normalized spacial score (nSPS) is 0. The SMILES string of the molecule is [Ca].[Ho].[Mg].[Zr]. The van der Waals surface area contributed by atoms with Gasteiger partial charge in [-0.2, -0.15) is 0 Å². The minimum Gasteiger partial charge on any atom is 0 e. The fourth-order valence-corrected chi connectivity index (χ4v) is 0. The van der Waals surface area contributed by atoms with Crippen LogP contribution in [0.25, 0.3) is 0 Å². The topological polar surface area (TPSA) is 0 Å². The Morgan fingerprint density at radius 2 is 1.00 bits per heavy atom. The molecule has 0 aromatic carbocycles. The maximum Gasteiger partial charge on any atom is 0 e. The Kier molecular flexibility index (Phi) is 94.8. The Morgan fingerprint density at radius 3 is 1.00 bits per heavy atom. The summed E-state index contributed by atoms with van der Waals surface area (Å²) in [6.07, 6.45) is 0. The van der Waals surface area contributed by atoms with Gasteiger partial charge >= 0.3 is 0 Å². The average Bonchev–Trinajstić information content (AvgIpc) is 0. The molecular weight excluding hydrogens is 321 g/mol. The first-order valence-electron chi connectivity index (χ1n) is 0. The van der Waals surface area contributed by atoms with E-state index in [1.54, 1.807) is 0 Å². The molecule has 0 aromatic rings. The number of hydrogen-bond donors (Lipinski definition) is 0. The van der Waals surface area contributed by atoms with Crippen LogP contribution >= 0.6 is 0 Å². The van der Waals surface area contributed by atoms with Gasteiger partial charge < -0.3 is 0 Å². The number of hydrogen-bond acceptors (Lipinski definition) is 0. The number of rotatable bonds is 0. The average molecular weight is 321 g/mol. The first-order valence-corrected chi connectivity index (χ1v) is 0. The van der Waals surface area contributed by atoms with Crippen LogP contribution in [0.2, 0.25) is 0 Å². The Hall–Kier alpha value is 4.17. The molecule has 0 aliphatic heterocycles. The molecule has 4 heavy (non-hydrogen) atoms. The Labute approximate surface area is 121 Å². The monoisotopic (exact) mass is 319 g/mol. The van der Waals surface area contributed by atoms with Gasteiger partial charge in [0.1, 0.15) is 0 Å². The zero-order chi connectivity index (χ0) is 0. The Bertz CT molecular complexity index is 8.00. The molecule has 0 saturated heterocycles. The van der Waals surface area contributed by atoms with Crippen molar-refractivity contribution in [3.63, 3.8) is 0 Å². The molecule has 0 unspecified atom stereocenters. The summed E-state index contributed by atoms with van der Waals surface area (Å²) in [4.78, 5) is 0. The van der Waals surface area contributed by atoms with Crippen molar-refractivity contribution < 1.29 is 63.9 Å².